The van der Waals surface area contributed by atoms with Crippen molar-refractivity contribution >= 4 is 28.1 Å². The van der Waals surface area contributed by atoms with Crippen LogP contribution in [0.1, 0.15) is 16.1 Å². The Morgan fingerprint density at radius 1 is 1.07 bits per heavy atom. The number of aromatic nitrogens is 6. The van der Waals surface area contributed by atoms with Crippen molar-refractivity contribution in [1.82, 2.24) is 34.4 Å². The lowest BCUT2D eigenvalue weighted by Crippen LogP contribution is -2.52. The topological polar surface area (TPSA) is 112 Å². The number of fused-ring (bicyclic) bond motifs is 2. The molecule has 1 fully saturated rings. The van der Waals surface area contributed by atoms with Gasteiger partial charge in [0.15, 0.2) is 23.3 Å². The number of methoxy groups -OCH3 is 1. The van der Waals surface area contributed by atoms with Gasteiger partial charge in [-0.15, -0.1) is 0 Å². The number of piperidine rings is 1. The van der Waals surface area contributed by atoms with Gasteiger partial charge >= 0.3 is 0 Å². The van der Waals surface area contributed by atoms with E-state index in [1.165, 1.54) is 30.6 Å². The standard InChI is InChI=1S/C27H26F2N8O3/c1-16-10-17(4-6-19(16)39-23-11-22-31-14-34-37(22)15-33-23)35-26-24-18(30-13-32-26)5-7-20(38-3)25(24)40-21-8-9-36(2)12-27(21,28)29/h4-7,10-11,13-15,21H,8-9,12H2,1-3H3,(H,30,32,35)/i2D3. The molecule has 1 unspecified atom stereocenters. The largest absolute Gasteiger partial charge is 0.493 e. The lowest BCUT2D eigenvalue weighted by atomic mass is 10.0. The highest BCUT2D eigenvalue weighted by Crippen LogP contribution is 2.42. The number of halogens is 2. The number of hydrogen-bond donors (Lipinski definition) is 1. The van der Waals surface area contributed by atoms with Crippen molar-refractivity contribution < 1.29 is 27.1 Å². The molecule has 5 aromatic rings. The number of aryl methyl sites for hydroxylation is 1. The van der Waals surface area contributed by atoms with E-state index < -0.39 is 25.5 Å². The van der Waals surface area contributed by atoms with Crippen LogP contribution in [0, 0.1) is 6.92 Å². The fourth-order valence-electron chi connectivity index (χ4n) is 4.54. The van der Waals surface area contributed by atoms with E-state index in [1.54, 1.807) is 30.3 Å². The minimum Gasteiger partial charge on any atom is -0.493 e. The maximum atomic E-state index is 15.2. The molecule has 206 valence electrons. The summed E-state index contributed by atoms with van der Waals surface area (Å²) in [6, 6.07) is 10.3. The Hall–Kier alpha value is -4.65. The zero-order chi connectivity index (χ0) is 30.4. The van der Waals surface area contributed by atoms with Crippen LogP contribution in [0.4, 0.5) is 20.3 Å². The monoisotopic (exact) mass is 551 g/mol. The normalized spacial score (nSPS) is 18.6. The van der Waals surface area contributed by atoms with Gasteiger partial charge in [-0.3, -0.25) is 0 Å². The Kier molecular flexibility index (Phi) is 5.63. The van der Waals surface area contributed by atoms with E-state index in [0.717, 1.165) is 10.5 Å². The number of nitrogens with one attached hydrogen (secondary N) is 1. The first kappa shape index (κ1) is 22.2. The molecule has 0 bridgehead atoms. The molecule has 1 aliphatic heterocycles. The van der Waals surface area contributed by atoms with Gasteiger partial charge in [-0.05, 0) is 49.8 Å². The van der Waals surface area contributed by atoms with Crippen LogP contribution < -0.4 is 19.5 Å². The van der Waals surface area contributed by atoms with Crippen LogP contribution in [-0.4, -0.2) is 73.7 Å². The molecule has 1 aliphatic rings. The fraction of sp³-hybridized carbons (Fsp3) is 0.296. The lowest BCUT2D eigenvalue weighted by Gasteiger charge is -2.36. The Morgan fingerprint density at radius 2 is 1.95 bits per heavy atom. The highest BCUT2D eigenvalue weighted by atomic mass is 19.3. The number of nitrogens with zero attached hydrogens (tertiary/aromatic N) is 7. The second kappa shape index (κ2) is 10.2. The predicted octanol–water partition coefficient (Wildman–Crippen LogP) is 4.64. The SMILES string of the molecule is [2H]C([2H])([2H])N1CCC(Oc2c(OC)ccc3ncnc(Nc4ccc(Oc5cc6ncnn6cn5)c(C)c4)c23)C(F)(F)C1. The lowest BCUT2D eigenvalue weighted by molar-refractivity contribution is -0.135. The number of anilines is 2. The third kappa shape index (κ3) is 4.91. The highest BCUT2D eigenvalue weighted by molar-refractivity contribution is 5.97. The van der Waals surface area contributed by atoms with E-state index in [1.807, 2.05) is 13.0 Å². The zero-order valence-electron chi connectivity index (χ0n) is 24.5. The van der Waals surface area contributed by atoms with Crippen molar-refractivity contribution in [2.75, 3.05) is 32.5 Å². The van der Waals surface area contributed by atoms with Crippen LogP contribution in [0.5, 0.6) is 23.1 Å². The Labute approximate surface area is 232 Å². The summed E-state index contributed by atoms with van der Waals surface area (Å²) in [5.41, 5.74) is 2.44. The van der Waals surface area contributed by atoms with Crippen LogP contribution in [0.15, 0.2) is 55.4 Å². The molecule has 0 spiro atoms. The van der Waals surface area contributed by atoms with Crippen molar-refractivity contribution in [2.24, 2.45) is 0 Å². The summed E-state index contributed by atoms with van der Waals surface area (Å²) in [6.45, 7) is -1.81. The molecular weight excluding hydrogens is 522 g/mol. The number of ether oxygens (including phenoxy) is 3. The molecule has 0 radical (unpaired) electrons. The summed E-state index contributed by atoms with van der Waals surface area (Å²) in [5, 5.41) is 7.58. The van der Waals surface area contributed by atoms with Crippen LogP contribution in [0.2, 0.25) is 0 Å². The first-order valence-electron chi connectivity index (χ1n) is 13.8. The number of likely N-dealkylation sites (tertiary alicyclic amines) is 1. The van der Waals surface area contributed by atoms with Crippen molar-refractivity contribution in [2.45, 2.75) is 25.4 Å². The molecule has 13 heteroatoms. The summed E-state index contributed by atoms with van der Waals surface area (Å²) >= 11 is 0. The number of benzene rings is 2. The summed E-state index contributed by atoms with van der Waals surface area (Å²) in [4.78, 5) is 17.8. The van der Waals surface area contributed by atoms with Gasteiger partial charge in [0.05, 0.1) is 24.6 Å². The van der Waals surface area contributed by atoms with Gasteiger partial charge in [-0.25, -0.2) is 33.2 Å². The molecule has 0 aliphatic carbocycles. The first-order chi connectivity index (χ1) is 20.5. The number of alkyl halides is 2. The van der Waals surface area contributed by atoms with E-state index in [0.29, 0.717) is 39.7 Å². The third-order valence-corrected chi connectivity index (χ3v) is 6.53. The van der Waals surface area contributed by atoms with Gasteiger partial charge in [0.25, 0.3) is 5.92 Å². The number of rotatable bonds is 7. The molecule has 0 saturated carbocycles. The van der Waals surface area contributed by atoms with Crippen LogP contribution in [-0.2, 0) is 0 Å². The van der Waals surface area contributed by atoms with E-state index in [2.05, 4.69) is 30.4 Å². The molecule has 11 nitrogen and oxygen atoms in total. The molecule has 0 amide bonds. The molecular formula is C27H26F2N8O3. The van der Waals surface area contributed by atoms with Gasteiger partial charge in [-0.2, -0.15) is 5.10 Å². The minimum absolute atomic E-state index is 0.0294. The van der Waals surface area contributed by atoms with E-state index in [4.69, 9.17) is 18.3 Å². The number of hydrogen-bond acceptors (Lipinski definition) is 10. The Bertz CT molecular complexity index is 1800. The molecule has 40 heavy (non-hydrogen) atoms. The maximum absolute atomic E-state index is 15.2. The third-order valence-electron chi connectivity index (χ3n) is 6.53. The van der Waals surface area contributed by atoms with Crippen molar-refractivity contribution in [3.8, 4) is 23.1 Å². The average Bonchev–Trinajstić information content (AvgIpc) is 3.43. The van der Waals surface area contributed by atoms with Crippen LogP contribution in [0.25, 0.3) is 16.6 Å². The Morgan fingerprint density at radius 3 is 2.75 bits per heavy atom. The summed E-state index contributed by atoms with van der Waals surface area (Å²) < 4.78 is 71.8. The molecule has 6 rings (SSSR count). The van der Waals surface area contributed by atoms with E-state index >= 15 is 8.78 Å². The minimum atomic E-state index is -3.44. The smallest absolute Gasteiger partial charge is 0.296 e. The van der Waals surface area contributed by atoms with Crippen molar-refractivity contribution in [3.63, 3.8) is 0 Å². The van der Waals surface area contributed by atoms with Gasteiger partial charge in [0.1, 0.15) is 30.5 Å². The average molecular weight is 552 g/mol. The van der Waals surface area contributed by atoms with Gasteiger partial charge < -0.3 is 24.4 Å². The van der Waals surface area contributed by atoms with Gasteiger partial charge in [0, 0.05) is 28.8 Å². The molecule has 4 heterocycles. The molecule has 1 N–H and O–H groups in total. The second-order valence-electron chi connectivity index (χ2n) is 9.29. The van der Waals surface area contributed by atoms with E-state index in [-0.39, 0.29) is 24.5 Å². The molecule has 3 aromatic heterocycles. The van der Waals surface area contributed by atoms with Gasteiger partial charge in [-0.1, -0.05) is 0 Å². The first-order valence-corrected chi connectivity index (χ1v) is 12.3. The summed E-state index contributed by atoms with van der Waals surface area (Å²) in [7, 11) is 1.40. The predicted molar refractivity (Wildman–Crippen MR) is 143 cm³/mol. The quantitative estimate of drug-likeness (QED) is 0.307. The molecule has 1 saturated heterocycles. The van der Waals surface area contributed by atoms with Crippen LogP contribution >= 0.6 is 0 Å². The van der Waals surface area contributed by atoms with E-state index in [9.17, 15) is 0 Å². The van der Waals surface area contributed by atoms with Crippen LogP contribution in [0.3, 0.4) is 0 Å². The molecule has 1 atom stereocenters. The van der Waals surface area contributed by atoms with Crippen molar-refractivity contribution in [1.29, 1.82) is 0 Å². The maximum Gasteiger partial charge on any atom is 0.296 e. The summed E-state index contributed by atoms with van der Waals surface area (Å²) in [6.07, 6.45) is 2.47. The van der Waals surface area contributed by atoms with Crippen molar-refractivity contribution in [3.05, 3.63) is 60.9 Å². The second-order valence-corrected chi connectivity index (χ2v) is 9.29. The zero-order valence-corrected chi connectivity index (χ0v) is 21.5. The highest BCUT2D eigenvalue weighted by Gasteiger charge is 2.46. The van der Waals surface area contributed by atoms with Gasteiger partial charge in [0.2, 0.25) is 5.88 Å². The molecule has 2 aromatic carbocycles. The summed E-state index contributed by atoms with van der Waals surface area (Å²) in [5.74, 6) is -2.00. The Balaban J connectivity index is 1.29. The fourth-order valence-corrected chi connectivity index (χ4v) is 4.54.